The molecular formula is C37H74P2. The van der Waals surface area contributed by atoms with Gasteiger partial charge >= 0.3 is 0 Å². The minimum atomic E-state index is 1.11. The van der Waals surface area contributed by atoms with Crippen molar-refractivity contribution in [2.24, 2.45) is 11.8 Å². The molecule has 4 rings (SSSR count). The van der Waals surface area contributed by atoms with Crippen LogP contribution in [0.4, 0.5) is 0 Å². The third-order valence-electron chi connectivity index (χ3n) is 10.1. The Morgan fingerprint density at radius 1 is 0.333 bits per heavy atom. The first-order valence-electron chi connectivity index (χ1n) is 18.8. The molecule has 2 aliphatic carbocycles. The molecule has 0 N–H and O–H groups in total. The van der Waals surface area contributed by atoms with Crippen molar-refractivity contribution in [2.75, 3.05) is 12.3 Å². The molecule has 0 aromatic rings. The van der Waals surface area contributed by atoms with Crippen LogP contribution in [0, 0.1) is 11.8 Å². The van der Waals surface area contributed by atoms with E-state index in [-0.39, 0.29) is 0 Å². The summed E-state index contributed by atoms with van der Waals surface area (Å²) in [5, 5.41) is 0. The maximum absolute atomic E-state index is 2.12. The van der Waals surface area contributed by atoms with Crippen LogP contribution in [0.3, 0.4) is 0 Å². The first kappa shape index (κ1) is 36.1. The van der Waals surface area contributed by atoms with E-state index in [1.54, 1.807) is 50.8 Å². The molecule has 2 heteroatoms. The Hall–Kier alpha value is 0.860. The summed E-state index contributed by atoms with van der Waals surface area (Å²) in [6.45, 7) is 4.25. The third-order valence-corrected chi connectivity index (χ3v) is 14.0. The molecule has 2 saturated carbocycles. The van der Waals surface area contributed by atoms with Crippen molar-refractivity contribution in [1.29, 1.82) is 0 Å². The summed E-state index contributed by atoms with van der Waals surface area (Å²) in [5.74, 6) is 2.22. The molecule has 2 saturated heterocycles. The molecule has 0 aromatic heterocycles. The zero-order valence-corrected chi connectivity index (χ0v) is 29.2. The molecule has 4 fully saturated rings. The minimum Gasteiger partial charge on any atom is -0.119 e. The third kappa shape index (κ3) is 18.9. The summed E-state index contributed by atoms with van der Waals surface area (Å²) >= 11 is 0. The lowest BCUT2D eigenvalue weighted by Gasteiger charge is -2.27. The standard InChI is InChI=1S/2C17H33P.C3H8/c2*1-2-5-9-13-16(12-8-4-1)17-14-10-6-3-7-11-15-18-17;1-3-2/h2*16-18H,1-15H2;3H2,1-2H3. The van der Waals surface area contributed by atoms with Gasteiger partial charge in [-0.2, -0.15) is 0 Å². The van der Waals surface area contributed by atoms with Crippen LogP contribution >= 0.6 is 17.2 Å². The SMILES string of the molecule is C1CCCCC(C2CCCCCCCP2)CCC1.C1CCCCC(C2CCCCCCCP2)CCC1.CCC. The summed E-state index contributed by atoms with van der Waals surface area (Å²) in [5.41, 5.74) is 2.25. The summed E-state index contributed by atoms with van der Waals surface area (Å²) in [4.78, 5) is 0. The first-order valence-corrected chi connectivity index (χ1v) is 21.4. The fraction of sp³-hybridized carbons (Fsp3) is 1.00. The highest BCUT2D eigenvalue weighted by molar-refractivity contribution is 7.39. The van der Waals surface area contributed by atoms with Crippen molar-refractivity contribution < 1.29 is 0 Å². The molecule has 0 bridgehead atoms. The highest BCUT2D eigenvalue weighted by Gasteiger charge is 2.23. The molecule has 39 heavy (non-hydrogen) atoms. The Kier molecular flexibility index (Phi) is 24.5. The average Bonchev–Trinajstić information content (AvgIpc) is 3.31. The fourth-order valence-corrected chi connectivity index (χ4v) is 11.6. The molecular weight excluding hydrogens is 506 g/mol. The Morgan fingerprint density at radius 2 is 0.564 bits per heavy atom. The van der Waals surface area contributed by atoms with Gasteiger partial charge in [0.05, 0.1) is 0 Å². The maximum Gasteiger partial charge on any atom is -0.0208 e. The molecule has 0 nitrogen and oxygen atoms in total. The molecule has 232 valence electrons. The lowest BCUT2D eigenvalue weighted by Crippen LogP contribution is -2.17. The summed E-state index contributed by atoms with van der Waals surface area (Å²) < 4.78 is 0. The minimum absolute atomic E-state index is 1.11. The number of hydrogen-bond acceptors (Lipinski definition) is 0. The fourth-order valence-electron chi connectivity index (χ4n) is 7.76. The average molecular weight is 581 g/mol. The number of hydrogen-bond donors (Lipinski definition) is 0. The lowest BCUT2D eigenvalue weighted by molar-refractivity contribution is 0.392. The second kappa shape index (κ2) is 26.5. The van der Waals surface area contributed by atoms with Crippen LogP contribution in [0.5, 0.6) is 0 Å². The quantitative estimate of drug-likeness (QED) is 0.285. The Balaban J connectivity index is 0.000000249. The second-order valence-electron chi connectivity index (χ2n) is 13.9. The molecule has 0 aromatic carbocycles. The largest absolute Gasteiger partial charge is 0.119 e. The van der Waals surface area contributed by atoms with Crippen LogP contribution in [-0.4, -0.2) is 23.6 Å². The van der Waals surface area contributed by atoms with Gasteiger partial charge in [0.2, 0.25) is 0 Å². The Labute approximate surface area is 252 Å². The van der Waals surface area contributed by atoms with Crippen LogP contribution in [0.1, 0.15) is 200 Å². The summed E-state index contributed by atoms with van der Waals surface area (Å²) in [6.07, 6.45) is 47.3. The van der Waals surface area contributed by atoms with E-state index in [9.17, 15) is 0 Å². The normalized spacial score (nSPS) is 29.7. The van der Waals surface area contributed by atoms with Crippen molar-refractivity contribution in [3.05, 3.63) is 0 Å². The smallest absolute Gasteiger partial charge is 0.0208 e. The predicted octanol–water partition coefficient (Wildman–Crippen LogP) is 13.7. The van der Waals surface area contributed by atoms with Crippen molar-refractivity contribution in [3.63, 3.8) is 0 Å². The van der Waals surface area contributed by atoms with E-state index in [4.69, 9.17) is 0 Å². The van der Waals surface area contributed by atoms with E-state index in [0.717, 1.165) is 23.2 Å². The van der Waals surface area contributed by atoms with Gasteiger partial charge in [-0.3, -0.25) is 0 Å². The number of rotatable bonds is 2. The second-order valence-corrected chi connectivity index (χ2v) is 17.2. The van der Waals surface area contributed by atoms with Crippen LogP contribution in [0.15, 0.2) is 0 Å². The Morgan fingerprint density at radius 3 is 0.872 bits per heavy atom. The van der Waals surface area contributed by atoms with Gasteiger partial charge in [0.1, 0.15) is 0 Å². The highest BCUT2D eigenvalue weighted by atomic mass is 31.1. The van der Waals surface area contributed by atoms with Crippen molar-refractivity contribution >= 4 is 17.2 Å². The molecule has 0 amide bonds. The van der Waals surface area contributed by atoms with Crippen molar-refractivity contribution in [1.82, 2.24) is 0 Å². The molecule has 4 atom stereocenters. The van der Waals surface area contributed by atoms with Crippen LogP contribution in [-0.2, 0) is 0 Å². The molecule has 2 heterocycles. The van der Waals surface area contributed by atoms with E-state index in [1.807, 2.05) is 0 Å². The van der Waals surface area contributed by atoms with E-state index < -0.39 is 0 Å². The maximum atomic E-state index is 2.12. The topological polar surface area (TPSA) is 0 Å². The Bertz CT molecular complexity index is 378. The summed E-state index contributed by atoms with van der Waals surface area (Å²) in [6, 6.07) is 0. The van der Waals surface area contributed by atoms with Gasteiger partial charge in [-0.25, -0.2) is 0 Å². The van der Waals surface area contributed by atoms with Gasteiger partial charge in [-0.1, -0.05) is 149 Å². The zero-order chi connectivity index (χ0) is 27.6. The van der Waals surface area contributed by atoms with Crippen LogP contribution in [0.2, 0.25) is 0 Å². The lowest BCUT2D eigenvalue weighted by atomic mass is 9.90. The molecule has 2 aliphatic heterocycles. The molecule has 4 aliphatic rings. The zero-order valence-electron chi connectivity index (χ0n) is 27.2. The highest BCUT2D eigenvalue weighted by Crippen LogP contribution is 2.40. The molecule has 4 unspecified atom stereocenters. The van der Waals surface area contributed by atoms with Crippen LogP contribution in [0.25, 0.3) is 0 Å². The van der Waals surface area contributed by atoms with Gasteiger partial charge in [0.25, 0.3) is 0 Å². The predicted molar refractivity (Wildman–Crippen MR) is 186 cm³/mol. The summed E-state index contributed by atoms with van der Waals surface area (Å²) in [7, 11) is 2.60. The molecule has 0 radical (unpaired) electrons. The van der Waals surface area contributed by atoms with Crippen molar-refractivity contribution in [3.8, 4) is 0 Å². The van der Waals surface area contributed by atoms with Gasteiger partial charge < -0.3 is 0 Å². The molecule has 0 spiro atoms. The van der Waals surface area contributed by atoms with Gasteiger partial charge in [0.15, 0.2) is 0 Å². The van der Waals surface area contributed by atoms with E-state index in [0.29, 0.717) is 0 Å². The van der Waals surface area contributed by atoms with E-state index >= 15 is 0 Å². The van der Waals surface area contributed by atoms with Crippen LogP contribution < -0.4 is 0 Å². The first-order chi connectivity index (χ1) is 19.3. The van der Waals surface area contributed by atoms with E-state index in [2.05, 4.69) is 13.8 Å². The van der Waals surface area contributed by atoms with Gasteiger partial charge in [-0.15, -0.1) is 17.2 Å². The van der Waals surface area contributed by atoms with Gasteiger partial charge in [-0.05, 0) is 86.8 Å². The monoisotopic (exact) mass is 581 g/mol. The van der Waals surface area contributed by atoms with Gasteiger partial charge in [0, 0.05) is 0 Å². The van der Waals surface area contributed by atoms with Crippen molar-refractivity contribution in [2.45, 2.75) is 211 Å². The van der Waals surface area contributed by atoms with E-state index in [1.165, 1.54) is 165 Å².